The quantitative estimate of drug-likeness (QED) is 0.747. The summed E-state index contributed by atoms with van der Waals surface area (Å²) < 4.78 is 34.9. The lowest BCUT2D eigenvalue weighted by molar-refractivity contribution is -0.129. The Kier molecular flexibility index (Phi) is 4.06. The molecular weight excluding hydrogens is 368 g/mol. The molecule has 1 unspecified atom stereocenters. The first-order valence-corrected chi connectivity index (χ1v) is 8.51. The van der Waals surface area contributed by atoms with Crippen LogP contribution in [0.1, 0.15) is 16.9 Å². The summed E-state index contributed by atoms with van der Waals surface area (Å²) in [6.07, 6.45) is 0. The van der Waals surface area contributed by atoms with Gasteiger partial charge in [0.15, 0.2) is 11.5 Å². The number of likely N-dealkylation sites (N-methyl/N-ethyl adjacent to an activating group) is 1. The van der Waals surface area contributed by atoms with Crippen molar-refractivity contribution in [1.29, 1.82) is 0 Å². The van der Waals surface area contributed by atoms with Crippen LogP contribution in [0.15, 0.2) is 57.9 Å². The number of nitrogens with zero attached hydrogens (tertiary/aromatic N) is 2. The van der Waals surface area contributed by atoms with Gasteiger partial charge in [-0.15, -0.1) is 0 Å². The van der Waals surface area contributed by atoms with Gasteiger partial charge in [-0.3, -0.25) is 9.69 Å². The van der Waals surface area contributed by atoms with Crippen molar-refractivity contribution in [2.75, 3.05) is 7.05 Å². The highest BCUT2D eigenvalue weighted by Crippen LogP contribution is 2.41. The third kappa shape index (κ3) is 2.69. The highest BCUT2D eigenvalue weighted by Gasteiger charge is 2.49. The van der Waals surface area contributed by atoms with Gasteiger partial charge < -0.3 is 14.9 Å². The maximum atomic E-state index is 13.2. The number of hydrogen-bond acceptors (Lipinski definition) is 5. The molecule has 1 amide bonds. The van der Waals surface area contributed by atoms with E-state index < -0.39 is 12.2 Å². The van der Waals surface area contributed by atoms with Crippen molar-refractivity contribution < 1.29 is 22.7 Å². The van der Waals surface area contributed by atoms with Gasteiger partial charge in [-0.2, -0.15) is 8.78 Å². The second-order valence-corrected chi connectivity index (χ2v) is 6.56. The average Bonchev–Trinajstić information content (AvgIpc) is 3.13. The maximum Gasteiger partial charge on any atom is 0.387 e. The Bertz CT molecular complexity index is 1090. The number of benzene rings is 2. The van der Waals surface area contributed by atoms with E-state index in [1.54, 1.807) is 12.1 Å². The molecule has 1 aliphatic heterocycles. The number of amides is 1. The predicted octanol–water partition coefficient (Wildman–Crippen LogP) is 3.37. The second-order valence-electron chi connectivity index (χ2n) is 6.56. The molecule has 1 aliphatic rings. The molecule has 4 rings (SSSR count). The van der Waals surface area contributed by atoms with Crippen LogP contribution in [0.3, 0.4) is 0 Å². The molecule has 3 aromatic rings. The van der Waals surface area contributed by atoms with Gasteiger partial charge in [-0.1, -0.05) is 18.2 Å². The van der Waals surface area contributed by atoms with E-state index >= 15 is 0 Å². The Hall–Kier alpha value is -3.42. The highest BCUT2D eigenvalue weighted by molar-refractivity contribution is 6.09. The fraction of sp³-hybridized carbons (Fsp3) is 0.200. The standard InChI is InChI=1S/C20H17F2N3O3/c1-11-9-12-10-14(5-8-16(12)27-11)20(17(26)25(2)19(23)24-20)13-3-6-15(7-4-13)28-18(21)22/h3-10,18H,1-2H3,(H2,23,24). The molecule has 1 atom stereocenters. The molecule has 0 bridgehead atoms. The lowest BCUT2D eigenvalue weighted by atomic mass is 9.82. The molecule has 8 heteroatoms. The Morgan fingerprint density at radius 1 is 1.14 bits per heavy atom. The third-order valence-electron chi connectivity index (χ3n) is 4.79. The molecular formula is C20H17F2N3O3. The zero-order chi connectivity index (χ0) is 20.1. The van der Waals surface area contributed by atoms with Crippen LogP contribution in [0.25, 0.3) is 11.0 Å². The van der Waals surface area contributed by atoms with E-state index in [9.17, 15) is 13.6 Å². The third-order valence-corrected chi connectivity index (χ3v) is 4.79. The molecule has 2 N–H and O–H groups in total. The first-order valence-electron chi connectivity index (χ1n) is 8.51. The summed E-state index contributed by atoms with van der Waals surface area (Å²) in [7, 11) is 1.54. The molecule has 0 spiro atoms. The number of aryl methyl sites for hydroxylation is 1. The van der Waals surface area contributed by atoms with Crippen LogP contribution in [0.5, 0.6) is 5.75 Å². The van der Waals surface area contributed by atoms with Crippen LogP contribution in [0.4, 0.5) is 8.78 Å². The molecule has 0 saturated carbocycles. The van der Waals surface area contributed by atoms with Crippen LogP contribution in [0.2, 0.25) is 0 Å². The van der Waals surface area contributed by atoms with Gasteiger partial charge in [0.1, 0.15) is 17.1 Å². The summed E-state index contributed by atoms with van der Waals surface area (Å²) in [5, 5.41) is 0.822. The molecule has 0 aliphatic carbocycles. The van der Waals surface area contributed by atoms with Crippen LogP contribution >= 0.6 is 0 Å². The largest absolute Gasteiger partial charge is 0.461 e. The van der Waals surface area contributed by atoms with E-state index in [2.05, 4.69) is 9.73 Å². The van der Waals surface area contributed by atoms with E-state index in [0.29, 0.717) is 16.7 Å². The molecule has 2 heterocycles. The summed E-state index contributed by atoms with van der Waals surface area (Å²) in [6.45, 7) is -1.10. The average molecular weight is 385 g/mol. The number of carbonyl (C=O) groups excluding carboxylic acids is 1. The topological polar surface area (TPSA) is 81.1 Å². The van der Waals surface area contributed by atoms with E-state index in [1.165, 1.54) is 36.2 Å². The van der Waals surface area contributed by atoms with Crippen LogP contribution in [-0.2, 0) is 10.3 Å². The lowest BCUT2D eigenvalue weighted by Crippen LogP contribution is -2.41. The van der Waals surface area contributed by atoms with Crippen LogP contribution < -0.4 is 10.5 Å². The SMILES string of the molecule is Cc1cc2cc(C3(c4ccc(OC(F)F)cc4)N=C(N)N(C)C3=O)ccc2o1. The zero-order valence-electron chi connectivity index (χ0n) is 15.1. The van der Waals surface area contributed by atoms with Crippen molar-refractivity contribution in [3.8, 4) is 5.75 Å². The maximum absolute atomic E-state index is 13.2. The van der Waals surface area contributed by atoms with Crippen molar-refractivity contribution in [3.63, 3.8) is 0 Å². The molecule has 0 radical (unpaired) electrons. The van der Waals surface area contributed by atoms with Gasteiger partial charge in [-0.25, -0.2) is 4.99 Å². The molecule has 144 valence electrons. The Morgan fingerprint density at radius 3 is 2.43 bits per heavy atom. The van der Waals surface area contributed by atoms with E-state index in [1.807, 2.05) is 19.1 Å². The number of ether oxygens (including phenoxy) is 1. The molecule has 28 heavy (non-hydrogen) atoms. The molecule has 0 fully saturated rings. The first kappa shape index (κ1) is 18.0. The lowest BCUT2D eigenvalue weighted by Gasteiger charge is -2.26. The van der Waals surface area contributed by atoms with Gasteiger partial charge in [0.25, 0.3) is 5.91 Å². The summed E-state index contributed by atoms with van der Waals surface area (Å²) >= 11 is 0. The molecule has 0 saturated heterocycles. The minimum Gasteiger partial charge on any atom is -0.461 e. The van der Waals surface area contributed by atoms with Crippen molar-refractivity contribution in [2.24, 2.45) is 10.7 Å². The number of nitrogens with two attached hydrogens (primary N) is 1. The summed E-state index contributed by atoms with van der Waals surface area (Å²) in [5.41, 5.74) is 6.31. The van der Waals surface area contributed by atoms with Crippen molar-refractivity contribution in [1.82, 2.24) is 4.90 Å². The first-order chi connectivity index (χ1) is 13.3. The van der Waals surface area contributed by atoms with Crippen molar-refractivity contribution >= 4 is 22.8 Å². The highest BCUT2D eigenvalue weighted by atomic mass is 19.3. The smallest absolute Gasteiger partial charge is 0.387 e. The number of carbonyl (C=O) groups is 1. The van der Waals surface area contributed by atoms with E-state index in [4.69, 9.17) is 10.2 Å². The Morgan fingerprint density at radius 2 is 1.82 bits per heavy atom. The minimum atomic E-state index is -2.93. The van der Waals surface area contributed by atoms with Gasteiger partial charge in [0.05, 0.1) is 0 Å². The number of guanidine groups is 1. The fourth-order valence-electron chi connectivity index (χ4n) is 3.46. The number of aliphatic imine (C=N–C) groups is 1. The Labute approximate surface area is 159 Å². The van der Waals surface area contributed by atoms with Crippen molar-refractivity contribution in [2.45, 2.75) is 19.1 Å². The minimum absolute atomic E-state index is 0.00874. The normalized spacial score (nSPS) is 19.5. The van der Waals surface area contributed by atoms with Gasteiger partial charge in [-0.05, 0) is 48.4 Å². The summed E-state index contributed by atoms with van der Waals surface area (Å²) in [5.74, 6) is 0.464. The van der Waals surface area contributed by atoms with Gasteiger partial charge >= 0.3 is 6.61 Å². The summed E-state index contributed by atoms with van der Waals surface area (Å²) in [4.78, 5) is 18.9. The predicted molar refractivity (Wildman–Crippen MR) is 99.2 cm³/mol. The second kappa shape index (κ2) is 6.33. The fourth-order valence-corrected chi connectivity index (χ4v) is 3.46. The number of hydrogen-bond donors (Lipinski definition) is 1. The number of furan rings is 1. The van der Waals surface area contributed by atoms with Gasteiger partial charge in [0, 0.05) is 12.4 Å². The molecule has 2 aromatic carbocycles. The number of fused-ring (bicyclic) bond motifs is 1. The summed E-state index contributed by atoms with van der Waals surface area (Å²) in [6, 6.07) is 13.0. The molecule has 1 aromatic heterocycles. The molecule has 6 nitrogen and oxygen atoms in total. The van der Waals surface area contributed by atoms with Crippen LogP contribution in [-0.4, -0.2) is 30.4 Å². The van der Waals surface area contributed by atoms with E-state index in [0.717, 1.165) is 11.1 Å². The number of halogens is 2. The van der Waals surface area contributed by atoms with Crippen LogP contribution in [0, 0.1) is 6.92 Å². The number of alkyl halides is 2. The van der Waals surface area contributed by atoms with E-state index in [-0.39, 0.29) is 17.6 Å². The Balaban J connectivity index is 1.89. The van der Waals surface area contributed by atoms with Gasteiger partial charge in [0.2, 0.25) is 0 Å². The monoisotopic (exact) mass is 385 g/mol. The van der Waals surface area contributed by atoms with Crippen molar-refractivity contribution in [3.05, 3.63) is 65.4 Å². The zero-order valence-corrected chi connectivity index (χ0v) is 15.1. The number of rotatable bonds is 4.